The van der Waals surface area contributed by atoms with Crippen LogP contribution in [0.15, 0.2) is 66.2 Å². The molecule has 3 aromatic rings. The van der Waals surface area contributed by atoms with Crippen LogP contribution in [0.2, 0.25) is 0 Å². The van der Waals surface area contributed by atoms with E-state index in [9.17, 15) is 9.59 Å². The first-order chi connectivity index (χ1) is 14.6. The Balaban J connectivity index is 1.80. The zero-order chi connectivity index (χ0) is 21.1. The van der Waals surface area contributed by atoms with Crippen LogP contribution in [0, 0.1) is 0 Å². The third-order valence-corrected chi connectivity index (χ3v) is 7.36. The van der Waals surface area contributed by atoms with E-state index in [0.29, 0.717) is 18.7 Å². The summed E-state index contributed by atoms with van der Waals surface area (Å²) in [5.41, 5.74) is 3.62. The van der Waals surface area contributed by atoms with Gasteiger partial charge < -0.3 is 0 Å². The molecule has 0 saturated heterocycles. The van der Waals surface area contributed by atoms with Crippen LogP contribution >= 0.6 is 0 Å². The summed E-state index contributed by atoms with van der Waals surface area (Å²) in [6.45, 7) is 2.61. The number of para-hydroxylation sites is 1. The summed E-state index contributed by atoms with van der Waals surface area (Å²) in [6.07, 6.45) is 3.38. The molecule has 1 aromatic heterocycles. The third-order valence-electron chi connectivity index (χ3n) is 5.48. The predicted molar refractivity (Wildman–Crippen MR) is 119 cm³/mol. The molecule has 5 nitrogen and oxygen atoms in total. The Labute approximate surface area is 182 Å². The molecule has 0 radical (unpaired) electrons. The number of ether oxygens (including phenoxy) is 1. The first kappa shape index (κ1) is 20.5. The molecule has 1 unspecified atom stereocenters. The van der Waals surface area contributed by atoms with Crippen molar-refractivity contribution in [2.75, 3.05) is 13.7 Å². The van der Waals surface area contributed by atoms with E-state index in [0.717, 1.165) is 27.3 Å². The van der Waals surface area contributed by atoms with Crippen molar-refractivity contribution < 1.29 is 14.3 Å². The Hall–Kier alpha value is -2.82. The van der Waals surface area contributed by atoms with Crippen molar-refractivity contribution >= 4 is 41.1 Å². The second-order valence-corrected chi connectivity index (χ2v) is 9.42. The van der Waals surface area contributed by atoms with E-state index < -0.39 is 0 Å². The molecule has 0 fully saturated rings. The van der Waals surface area contributed by atoms with Crippen LogP contribution in [0.1, 0.15) is 41.9 Å². The van der Waals surface area contributed by atoms with Gasteiger partial charge in [-0.2, -0.15) is 0 Å². The number of aromatic nitrogens is 1. The van der Waals surface area contributed by atoms with Gasteiger partial charge in [0, 0.05) is 0 Å². The number of benzene rings is 2. The zero-order valence-corrected chi connectivity index (χ0v) is 18.8. The van der Waals surface area contributed by atoms with E-state index in [2.05, 4.69) is 18.0 Å². The summed E-state index contributed by atoms with van der Waals surface area (Å²) in [7, 11) is 1.41. The van der Waals surface area contributed by atoms with Crippen LogP contribution in [0.25, 0.3) is 10.9 Å². The van der Waals surface area contributed by atoms with Crippen molar-refractivity contribution in [3.05, 3.63) is 77.5 Å². The molecule has 6 heteroatoms. The molecule has 0 saturated carbocycles. The van der Waals surface area contributed by atoms with Gasteiger partial charge in [0.2, 0.25) is 0 Å². The molecule has 1 aliphatic heterocycles. The summed E-state index contributed by atoms with van der Waals surface area (Å²) in [5.74, 6) is 0. The number of methoxy groups -OCH3 is 1. The average molecular weight is 467 g/mol. The second kappa shape index (κ2) is 8.90. The number of carbonyl (C=O) groups is 2. The van der Waals surface area contributed by atoms with Crippen molar-refractivity contribution in [1.29, 1.82) is 0 Å². The molecule has 1 atom stereocenters. The minimum absolute atomic E-state index is 0.0787. The quantitative estimate of drug-likeness (QED) is 0.452. The standard InChI is InChI=1S/C24H24N2O3Se/c1-3-16-13-14-20(26(15-16)24(28)29-2)21-18-11-7-8-12-19(18)25-22(21)23(27)30-17-9-5-4-6-10-17/h4-13,20,25H,3,14-15H2,1-2H3. The molecule has 2 aromatic carbocycles. The SMILES string of the molecule is CCC1=CCC(c2c(C(=O)[Se]c3ccccc3)[nH]c3ccccc23)N(C(=O)OC)C1. The van der Waals surface area contributed by atoms with Gasteiger partial charge in [-0.1, -0.05) is 0 Å². The first-order valence-electron chi connectivity index (χ1n) is 10.0. The van der Waals surface area contributed by atoms with Crippen LogP contribution < -0.4 is 4.46 Å². The fourth-order valence-electron chi connectivity index (χ4n) is 3.96. The zero-order valence-electron chi connectivity index (χ0n) is 17.1. The fourth-order valence-corrected chi connectivity index (χ4v) is 5.57. The minimum atomic E-state index is -0.365. The first-order valence-corrected chi connectivity index (χ1v) is 11.7. The number of aromatic amines is 1. The molecule has 1 N–H and O–H groups in total. The van der Waals surface area contributed by atoms with Crippen LogP contribution in [-0.2, 0) is 4.74 Å². The van der Waals surface area contributed by atoms with Crippen molar-refractivity contribution in [2.45, 2.75) is 25.8 Å². The fraction of sp³-hybridized carbons (Fsp3) is 0.250. The third kappa shape index (κ3) is 3.93. The van der Waals surface area contributed by atoms with Crippen molar-refractivity contribution in [3.8, 4) is 0 Å². The number of nitrogens with one attached hydrogen (secondary N) is 1. The molecule has 1 aliphatic rings. The van der Waals surface area contributed by atoms with E-state index in [1.54, 1.807) is 4.90 Å². The molecule has 1 amide bonds. The van der Waals surface area contributed by atoms with Gasteiger partial charge in [0.25, 0.3) is 0 Å². The van der Waals surface area contributed by atoms with Gasteiger partial charge in [-0.3, -0.25) is 0 Å². The normalized spacial score (nSPS) is 16.4. The summed E-state index contributed by atoms with van der Waals surface area (Å²) < 4.78 is 6.20. The average Bonchev–Trinajstić information content (AvgIpc) is 3.18. The Kier molecular flexibility index (Phi) is 6.07. The second-order valence-electron chi connectivity index (χ2n) is 7.23. The maximum absolute atomic E-state index is 13.4. The number of carbonyl (C=O) groups excluding carboxylic acids is 2. The summed E-state index contributed by atoms with van der Waals surface area (Å²) in [5, 5.41) is 0.983. The van der Waals surface area contributed by atoms with E-state index in [4.69, 9.17) is 4.74 Å². The van der Waals surface area contributed by atoms with E-state index in [1.807, 2.05) is 54.6 Å². The Bertz CT molecular complexity index is 1100. The number of fused-ring (bicyclic) bond motifs is 1. The van der Waals surface area contributed by atoms with Gasteiger partial charge >= 0.3 is 182 Å². The summed E-state index contributed by atoms with van der Waals surface area (Å²) in [4.78, 5) is 31.1. The maximum atomic E-state index is 13.4. The molecule has 0 bridgehead atoms. The van der Waals surface area contributed by atoms with Crippen LogP contribution in [-0.4, -0.2) is 49.3 Å². The molecule has 0 aliphatic carbocycles. The Morgan fingerprint density at radius 3 is 2.60 bits per heavy atom. The number of H-pyrrole nitrogens is 1. The number of hydrogen-bond acceptors (Lipinski definition) is 3. The van der Waals surface area contributed by atoms with Gasteiger partial charge in [0.15, 0.2) is 0 Å². The molecule has 4 rings (SSSR count). The predicted octanol–water partition coefficient (Wildman–Crippen LogP) is 4.19. The van der Waals surface area contributed by atoms with Crippen LogP contribution in [0.4, 0.5) is 4.79 Å². The van der Waals surface area contributed by atoms with Gasteiger partial charge in [-0.05, 0) is 0 Å². The molecular weight excluding hydrogens is 443 g/mol. The number of nitrogens with zero attached hydrogens (tertiary/aromatic N) is 1. The molecule has 154 valence electrons. The van der Waals surface area contributed by atoms with E-state index >= 15 is 0 Å². The van der Waals surface area contributed by atoms with Gasteiger partial charge in [-0.15, -0.1) is 0 Å². The Morgan fingerprint density at radius 2 is 1.87 bits per heavy atom. The molecule has 2 heterocycles. The van der Waals surface area contributed by atoms with Gasteiger partial charge in [0.1, 0.15) is 0 Å². The van der Waals surface area contributed by atoms with Crippen LogP contribution in [0.3, 0.4) is 0 Å². The topological polar surface area (TPSA) is 62.4 Å². The molecule has 0 spiro atoms. The molecule has 30 heavy (non-hydrogen) atoms. The van der Waals surface area contributed by atoms with Crippen molar-refractivity contribution in [3.63, 3.8) is 0 Å². The number of hydrogen-bond donors (Lipinski definition) is 1. The van der Waals surface area contributed by atoms with Crippen LogP contribution in [0.5, 0.6) is 0 Å². The van der Waals surface area contributed by atoms with E-state index in [1.165, 1.54) is 12.7 Å². The number of rotatable bonds is 5. The summed E-state index contributed by atoms with van der Waals surface area (Å²) >= 11 is -0.355. The number of amides is 1. The van der Waals surface area contributed by atoms with Crippen molar-refractivity contribution in [2.24, 2.45) is 0 Å². The van der Waals surface area contributed by atoms with E-state index in [-0.39, 0.29) is 31.8 Å². The summed E-state index contributed by atoms with van der Waals surface area (Å²) in [6, 6.07) is 17.5. The molecular formula is C24H24N2O3Se. The van der Waals surface area contributed by atoms with Gasteiger partial charge in [0.05, 0.1) is 0 Å². The monoisotopic (exact) mass is 468 g/mol. The van der Waals surface area contributed by atoms with Crippen molar-refractivity contribution in [1.82, 2.24) is 9.88 Å². The van der Waals surface area contributed by atoms with Gasteiger partial charge in [-0.25, -0.2) is 0 Å². The Morgan fingerprint density at radius 1 is 1.13 bits per heavy atom.